The van der Waals surface area contributed by atoms with E-state index in [9.17, 15) is 14.7 Å². The van der Waals surface area contributed by atoms with Gasteiger partial charge < -0.3 is 19.6 Å². The maximum Gasteiger partial charge on any atom is 0.305 e. The summed E-state index contributed by atoms with van der Waals surface area (Å²) in [7, 11) is 1.65. The zero-order valence-corrected chi connectivity index (χ0v) is 19.3. The number of aliphatic hydroxyl groups excluding tert-OH is 1. The maximum absolute atomic E-state index is 12.8. The summed E-state index contributed by atoms with van der Waals surface area (Å²) in [5, 5.41) is 11.1. The molecule has 9 heteroatoms. The number of rotatable bonds is 12. The van der Waals surface area contributed by atoms with Crippen LogP contribution >= 0.6 is 11.3 Å². The van der Waals surface area contributed by atoms with Crippen molar-refractivity contribution in [1.82, 2.24) is 14.9 Å². The van der Waals surface area contributed by atoms with Crippen LogP contribution in [0.15, 0.2) is 4.79 Å². The van der Waals surface area contributed by atoms with Gasteiger partial charge in [0.1, 0.15) is 23.4 Å². The van der Waals surface area contributed by atoms with E-state index in [4.69, 9.17) is 14.5 Å². The molecule has 172 valence electrons. The zero-order valence-electron chi connectivity index (χ0n) is 18.4. The molecule has 2 aromatic heterocycles. The highest BCUT2D eigenvalue weighted by Gasteiger charge is 2.21. The fourth-order valence-corrected chi connectivity index (χ4v) is 5.26. The lowest BCUT2D eigenvalue weighted by Crippen LogP contribution is -2.37. The van der Waals surface area contributed by atoms with Crippen molar-refractivity contribution in [2.24, 2.45) is 0 Å². The molecule has 31 heavy (non-hydrogen) atoms. The molecule has 8 nitrogen and oxygen atoms in total. The van der Waals surface area contributed by atoms with Crippen LogP contribution in [0.2, 0.25) is 0 Å². The van der Waals surface area contributed by atoms with E-state index in [-0.39, 0.29) is 18.1 Å². The second kappa shape index (κ2) is 11.7. The Bertz CT molecular complexity index is 926. The van der Waals surface area contributed by atoms with Gasteiger partial charge in [-0.2, -0.15) is 0 Å². The number of aromatic amines is 1. The van der Waals surface area contributed by atoms with Gasteiger partial charge in [-0.05, 0) is 44.1 Å². The molecule has 0 bridgehead atoms. The first-order chi connectivity index (χ1) is 15.0. The van der Waals surface area contributed by atoms with Gasteiger partial charge in [0.25, 0.3) is 5.56 Å². The third-order valence-corrected chi connectivity index (χ3v) is 6.62. The number of hydrogen-bond acceptors (Lipinski definition) is 8. The molecule has 0 saturated heterocycles. The van der Waals surface area contributed by atoms with Crippen LogP contribution in [0, 0.1) is 0 Å². The van der Waals surface area contributed by atoms with Crippen molar-refractivity contribution in [3.05, 3.63) is 26.6 Å². The predicted octanol–water partition coefficient (Wildman–Crippen LogP) is 2.41. The molecule has 0 radical (unpaired) electrons. The molecule has 0 aliphatic heterocycles. The first kappa shape index (κ1) is 23.8. The number of methoxy groups -OCH3 is 1. The van der Waals surface area contributed by atoms with Crippen LogP contribution < -0.4 is 5.56 Å². The molecule has 0 spiro atoms. The lowest BCUT2D eigenvalue weighted by Gasteiger charge is -2.24. The van der Waals surface area contributed by atoms with Crippen LogP contribution in [-0.4, -0.2) is 65.5 Å². The predicted molar refractivity (Wildman–Crippen MR) is 121 cm³/mol. The smallest absolute Gasteiger partial charge is 0.305 e. The SMILES string of the molecule is CCCC(=O)OC[C@@H](O)CN(CCCOC)Cc1nc2sc3c(c2c(=O)[nH]1)CCCC3. The van der Waals surface area contributed by atoms with E-state index >= 15 is 0 Å². The van der Waals surface area contributed by atoms with Gasteiger partial charge in [-0.15, -0.1) is 11.3 Å². The molecule has 1 atom stereocenters. The number of hydrogen-bond donors (Lipinski definition) is 2. The van der Waals surface area contributed by atoms with Gasteiger partial charge in [-0.1, -0.05) is 6.92 Å². The van der Waals surface area contributed by atoms with Crippen molar-refractivity contribution in [3.63, 3.8) is 0 Å². The Balaban J connectivity index is 1.70. The minimum atomic E-state index is -0.812. The monoisotopic (exact) mass is 451 g/mol. The number of carbonyl (C=O) groups excluding carboxylic acids is 1. The highest BCUT2D eigenvalue weighted by Crippen LogP contribution is 2.33. The van der Waals surface area contributed by atoms with Crippen molar-refractivity contribution < 1.29 is 19.4 Å². The first-order valence-corrected chi connectivity index (χ1v) is 11.9. The van der Waals surface area contributed by atoms with E-state index in [0.717, 1.165) is 35.9 Å². The summed E-state index contributed by atoms with van der Waals surface area (Å²) in [6.07, 6.45) is 5.28. The van der Waals surface area contributed by atoms with Gasteiger partial charge in [0, 0.05) is 38.1 Å². The average molecular weight is 452 g/mol. The molecule has 2 aromatic rings. The number of aryl methyl sites for hydroxylation is 2. The lowest BCUT2D eigenvalue weighted by molar-refractivity contribution is -0.147. The van der Waals surface area contributed by atoms with E-state index in [0.29, 0.717) is 44.9 Å². The molecule has 0 saturated carbocycles. The molecule has 1 aliphatic carbocycles. The highest BCUT2D eigenvalue weighted by atomic mass is 32.1. The summed E-state index contributed by atoms with van der Waals surface area (Å²) in [5.41, 5.74) is 1.10. The molecule has 0 unspecified atom stereocenters. The Morgan fingerprint density at radius 3 is 2.94 bits per heavy atom. The summed E-state index contributed by atoms with van der Waals surface area (Å²) in [5.74, 6) is 0.286. The molecule has 1 aliphatic rings. The number of aromatic nitrogens is 2. The van der Waals surface area contributed by atoms with E-state index in [1.807, 2.05) is 11.8 Å². The van der Waals surface area contributed by atoms with Gasteiger partial charge in [0.05, 0.1) is 11.9 Å². The summed E-state index contributed by atoms with van der Waals surface area (Å²) < 4.78 is 10.3. The van der Waals surface area contributed by atoms with Crippen molar-refractivity contribution in [1.29, 1.82) is 0 Å². The molecule has 2 heterocycles. The largest absolute Gasteiger partial charge is 0.463 e. The number of ether oxygens (including phenoxy) is 2. The fraction of sp³-hybridized carbons (Fsp3) is 0.682. The number of fused-ring (bicyclic) bond motifs is 3. The second-order valence-corrected chi connectivity index (χ2v) is 9.16. The van der Waals surface area contributed by atoms with Gasteiger partial charge >= 0.3 is 5.97 Å². The minimum absolute atomic E-state index is 0.0414. The summed E-state index contributed by atoms with van der Waals surface area (Å²) in [4.78, 5) is 36.2. The van der Waals surface area contributed by atoms with Gasteiger partial charge in [0.2, 0.25) is 0 Å². The third-order valence-electron chi connectivity index (χ3n) is 5.43. The number of nitrogens with zero attached hydrogens (tertiary/aromatic N) is 2. The van der Waals surface area contributed by atoms with Crippen LogP contribution in [0.25, 0.3) is 10.2 Å². The Labute approximate surface area is 186 Å². The topological polar surface area (TPSA) is 105 Å². The molecular weight excluding hydrogens is 418 g/mol. The maximum atomic E-state index is 12.8. The highest BCUT2D eigenvalue weighted by molar-refractivity contribution is 7.18. The molecular formula is C22H33N3O5S. The van der Waals surface area contributed by atoms with Crippen LogP contribution in [0.5, 0.6) is 0 Å². The van der Waals surface area contributed by atoms with Crippen molar-refractivity contribution in [2.45, 2.75) is 64.5 Å². The quantitative estimate of drug-likeness (QED) is 0.377. The normalized spacial score (nSPS) is 14.7. The number of H-pyrrole nitrogens is 1. The van der Waals surface area contributed by atoms with Gasteiger partial charge in [-0.3, -0.25) is 14.5 Å². The number of nitrogens with one attached hydrogen (secondary N) is 1. The lowest BCUT2D eigenvalue weighted by atomic mass is 9.97. The molecule has 0 aromatic carbocycles. The molecule has 0 fully saturated rings. The summed E-state index contributed by atoms with van der Waals surface area (Å²) in [6.45, 7) is 3.84. The number of aliphatic hydroxyl groups is 1. The van der Waals surface area contributed by atoms with E-state index in [1.165, 1.54) is 16.9 Å². The molecule has 0 amide bonds. The fourth-order valence-electron chi connectivity index (χ4n) is 3.98. The van der Waals surface area contributed by atoms with Crippen molar-refractivity contribution >= 4 is 27.5 Å². The number of thiophene rings is 1. The first-order valence-electron chi connectivity index (χ1n) is 11.1. The Kier molecular flexibility index (Phi) is 9.01. The van der Waals surface area contributed by atoms with Crippen LogP contribution in [0.1, 0.15) is 55.3 Å². The van der Waals surface area contributed by atoms with Crippen molar-refractivity contribution in [2.75, 3.05) is 33.4 Å². The van der Waals surface area contributed by atoms with Crippen LogP contribution in [-0.2, 0) is 33.7 Å². The Morgan fingerprint density at radius 2 is 2.16 bits per heavy atom. The summed E-state index contributed by atoms with van der Waals surface area (Å²) in [6, 6.07) is 0. The standard InChI is InChI=1S/C22H33N3O5S/c1-3-7-19(27)30-14-15(26)12-25(10-6-11-29-2)13-18-23-21(28)20-16-8-4-5-9-17(16)31-22(20)24-18/h15,26H,3-14H2,1-2H3,(H,23,24,28)/t15-/m0/s1. The minimum Gasteiger partial charge on any atom is -0.463 e. The Morgan fingerprint density at radius 1 is 1.35 bits per heavy atom. The van der Waals surface area contributed by atoms with Gasteiger partial charge in [0.15, 0.2) is 0 Å². The van der Waals surface area contributed by atoms with Crippen LogP contribution in [0.3, 0.4) is 0 Å². The third kappa shape index (κ3) is 6.58. The second-order valence-electron chi connectivity index (χ2n) is 8.07. The number of esters is 1. The van der Waals surface area contributed by atoms with Gasteiger partial charge in [-0.25, -0.2) is 4.98 Å². The average Bonchev–Trinajstić information content (AvgIpc) is 3.11. The zero-order chi connectivity index (χ0) is 22.2. The van der Waals surface area contributed by atoms with Crippen LogP contribution in [0.4, 0.5) is 0 Å². The molecule has 2 N–H and O–H groups in total. The Hall–Kier alpha value is -1.81. The van der Waals surface area contributed by atoms with E-state index < -0.39 is 6.10 Å². The van der Waals surface area contributed by atoms with E-state index in [1.54, 1.807) is 18.4 Å². The summed E-state index contributed by atoms with van der Waals surface area (Å²) >= 11 is 1.63. The van der Waals surface area contributed by atoms with Crippen molar-refractivity contribution in [3.8, 4) is 0 Å². The van der Waals surface area contributed by atoms with E-state index in [2.05, 4.69) is 4.98 Å². The number of carbonyl (C=O) groups is 1. The molecule has 3 rings (SSSR count).